The van der Waals surface area contributed by atoms with Crippen molar-refractivity contribution in [1.29, 1.82) is 0 Å². The van der Waals surface area contributed by atoms with Crippen LogP contribution >= 0.6 is 23.8 Å². The lowest BCUT2D eigenvalue weighted by Crippen LogP contribution is -2.60. The molecule has 21 heteroatoms. The first-order valence-corrected chi connectivity index (χ1v) is 20.6. The Hall–Kier alpha value is -5.78. The van der Waals surface area contributed by atoms with E-state index >= 15 is 0 Å². The summed E-state index contributed by atoms with van der Waals surface area (Å²) in [6.45, 7) is 14.7. The molecule has 334 valence electrons. The highest BCUT2D eigenvalue weighted by Gasteiger charge is 2.52. The van der Waals surface area contributed by atoms with Crippen molar-refractivity contribution in [3.8, 4) is 5.75 Å². The fraction of sp³-hybridized carbons (Fsp3) is 0.537. The molecule has 2 fully saturated rings. The maximum absolute atomic E-state index is 13.7. The van der Waals surface area contributed by atoms with Crippen molar-refractivity contribution < 1.29 is 52.4 Å². The highest BCUT2D eigenvalue weighted by molar-refractivity contribution is 7.80. The summed E-state index contributed by atoms with van der Waals surface area (Å²) in [7, 11) is 6.51. The molecule has 2 aliphatic rings. The molecule has 1 aromatic carbocycles. The molecule has 19 nitrogen and oxygen atoms in total. The quantitative estimate of drug-likeness (QED) is 0.104. The predicted octanol–water partition coefficient (Wildman–Crippen LogP) is 3.79. The number of amides is 2. The summed E-state index contributed by atoms with van der Waals surface area (Å²) in [4.78, 5) is 82.1. The maximum Gasteiger partial charge on any atom is 0.335 e. The molecule has 0 bridgehead atoms. The van der Waals surface area contributed by atoms with E-state index in [2.05, 4.69) is 21.7 Å². The number of carbonyl (C=O) groups excluding carboxylic acids is 5. The van der Waals surface area contributed by atoms with Crippen molar-refractivity contribution in [2.45, 2.75) is 71.4 Å². The maximum atomic E-state index is 13.7. The fourth-order valence-corrected chi connectivity index (χ4v) is 7.79. The van der Waals surface area contributed by atoms with Crippen LogP contribution in [0.15, 0.2) is 36.8 Å². The zero-order chi connectivity index (χ0) is 45.4. The number of thiocarbonyl (C=S) groups is 1. The van der Waals surface area contributed by atoms with Gasteiger partial charge in [0.05, 0.1) is 23.6 Å². The van der Waals surface area contributed by atoms with Crippen molar-refractivity contribution in [3.05, 3.63) is 58.8 Å². The number of benzene rings is 1. The van der Waals surface area contributed by atoms with E-state index in [0.717, 1.165) is 6.42 Å². The van der Waals surface area contributed by atoms with E-state index < -0.39 is 48.4 Å². The van der Waals surface area contributed by atoms with Crippen LogP contribution in [0.1, 0.15) is 39.7 Å². The topological polar surface area (TPSA) is 189 Å². The molecule has 2 amide bonds. The van der Waals surface area contributed by atoms with Crippen LogP contribution in [0, 0.1) is 18.4 Å². The minimum Gasteiger partial charge on any atom is -0.467 e. The molecule has 5 rings (SSSR count). The number of esters is 3. The van der Waals surface area contributed by atoms with E-state index in [0.29, 0.717) is 42.0 Å². The Bertz CT molecular complexity index is 2200. The van der Waals surface area contributed by atoms with Gasteiger partial charge in [0.15, 0.2) is 17.9 Å². The summed E-state index contributed by atoms with van der Waals surface area (Å²) in [5.41, 5.74) is 1.06. The van der Waals surface area contributed by atoms with Gasteiger partial charge < -0.3 is 52.9 Å². The van der Waals surface area contributed by atoms with Crippen LogP contribution in [0.3, 0.4) is 0 Å². The van der Waals surface area contributed by atoms with E-state index in [1.807, 2.05) is 11.9 Å². The highest BCUT2D eigenvalue weighted by atomic mass is 35.5. The Labute approximate surface area is 369 Å². The largest absolute Gasteiger partial charge is 0.467 e. The van der Waals surface area contributed by atoms with Gasteiger partial charge in [-0.3, -0.25) is 19.0 Å². The molecule has 4 heterocycles. The minimum atomic E-state index is -1.41. The zero-order valence-electron chi connectivity index (χ0n) is 35.8. The first-order valence-electron chi connectivity index (χ1n) is 19.8. The second kappa shape index (κ2) is 20.9. The number of nitrogens with zero attached hydrogens (tertiary/aromatic N) is 8. The number of rotatable bonds is 13. The number of methoxy groups -OCH3 is 1. The van der Waals surface area contributed by atoms with Gasteiger partial charge >= 0.3 is 29.8 Å². The lowest BCUT2D eigenvalue weighted by Gasteiger charge is -2.42. The van der Waals surface area contributed by atoms with Gasteiger partial charge in [-0.05, 0) is 48.3 Å². The number of carbonyl (C=O) groups is 5. The number of fused-ring (bicyclic) bond motifs is 1. The zero-order valence-corrected chi connectivity index (χ0v) is 37.4. The van der Waals surface area contributed by atoms with Gasteiger partial charge in [0.25, 0.3) is 11.7 Å². The Morgan fingerprint density at radius 1 is 1.02 bits per heavy atom. The van der Waals surface area contributed by atoms with E-state index in [4.69, 9.17) is 58.8 Å². The number of aromatic nitrogens is 3. The first-order chi connectivity index (χ1) is 29.4. The van der Waals surface area contributed by atoms with Crippen LogP contribution < -0.4 is 9.64 Å². The van der Waals surface area contributed by atoms with Crippen molar-refractivity contribution >= 4 is 75.7 Å². The molecular formula is C41H51ClN8O11S. The predicted molar refractivity (Wildman–Crippen MR) is 228 cm³/mol. The Balaban J connectivity index is 1.17. The molecule has 7 atom stereocenters. The number of likely N-dealkylation sites (N-methyl/N-ethyl adjacent to an activating group) is 3. The Morgan fingerprint density at radius 2 is 1.71 bits per heavy atom. The SMILES string of the molecule is [C-]#[N+]CC(=O)N1CC[C@@H](C)[C@@H](N(C)c2ncnc3c2ccn3C(=O)N(C)CCN(C)C(=S)OCc2ccc(O[C@@H]3O[C@H](C(=O)OC)[C@@H](C)[C@H](OC(C)=O)[C@H]3OC(C)=O)c(Cl)c2)C1. The minimum absolute atomic E-state index is 0.0329. The molecule has 2 aliphatic heterocycles. The molecule has 2 aromatic heterocycles. The second-order valence-electron chi connectivity index (χ2n) is 15.2. The van der Waals surface area contributed by atoms with Gasteiger partial charge in [-0.1, -0.05) is 31.5 Å². The first kappa shape index (κ1) is 47.3. The van der Waals surface area contributed by atoms with Gasteiger partial charge in [0, 0.05) is 73.3 Å². The normalized spacial score (nSPS) is 22.1. The lowest BCUT2D eigenvalue weighted by molar-refractivity contribution is -0.266. The highest BCUT2D eigenvalue weighted by Crippen LogP contribution is 2.35. The third kappa shape index (κ3) is 11.0. The number of hydrogen-bond donors (Lipinski definition) is 0. The van der Waals surface area contributed by atoms with E-state index in [1.165, 1.54) is 42.8 Å². The second-order valence-corrected chi connectivity index (χ2v) is 16.0. The molecule has 0 unspecified atom stereocenters. The third-order valence-electron chi connectivity index (χ3n) is 10.9. The summed E-state index contributed by atoms with van der Waals surface area (Å²) in [6, 6.07) is 6.22. The molecule has 0 N–H and O–H groups in total. The number of likely N-dealkylation sites (tertiary alicyclic amines) is 1. The van der Waals surface area contributed by atoms with Crippen molar-refractivity contribution in [2.24, 2.45) is 11.8 Å². The van der Waals surface area contributed by atoms with Crippen LogP contribution in [0.2, 0.25) is 5.02 Å². The van der Waals surface area contributed by atoms with Gasteiger partial charge in [0.2, 0.25) is 12.4 Å². The number of halogens is 1. The number of piperidine rings is 1. The van der Waals surface area contributed by atoms with Gasteiger partial charge in [0.1, 0.15) is 24.5 Å². The van der Waals surface area contributed by atoms with Gasteiger partial charge in [-0.2, -0.15) is 0 Å². The summed E-state index contributed by atoms with van der Waals surface area (Å²) >= 11 is 12.1. The average Bonchev–Trinajstić information content (AvgIpc) is 3.68. The third-order valence-corrected chi connectivity index (χ3v) is 11.6. The molecule has 2 saturated heterocycles. The van der Waals surface area contributed by atoms with Crippen molar-refractivity contribution in [3.63, 3.8) is 0 Å². The van der Waals surface area contributed by atoms with Crippen LogP contribution in [0.4, 0.5) is 10.6 Å². The Morgan fingerprint density at radius 3 is 2.37 bits per heavy atom. The van der Waals surface area contributed by atoms with Crippen LogP contribution in [-0.2, 0) is 49.5 Å². The summed E-state index contributed by atoms with van der Waals surface area (Å²) in [5.74, 6) is -2.03. The summed E-state index contributed by atoms with van der Waals surface area (Å²) < 4.78 is 35.0. The number of ether oxygens (including phenoxy) is 6. The lowest BCUT2D eigenvalue weighted by atomic mass is 9.90. The molecular weight excluding hydrogens is 848 g/mol. The fourth-order valence-electron chi connectivity index (χ4n) is 7.39. The van der Waals surface area contributed by atoms with Crippen molar-refractivity contribution in [1.82, 2.24) is 29.2 Å². The van der Waals surface area contributed by atoms with Crippen LogP contribution in [-0.4, -0.2) is 156 Å². The van der Waals surface area contributed by atoms with Gasteiger partial charge in [-0.15, -0.1) is 0 Å². The average molecular weight is 899 g/mol. The molecule has 62 heavy (non-hydrogen) atoms. The number of hydrogen-bond acceptors (Lipinski definition) is 15. The molecule has 0 radical (unpaired) electrons. The molecule has 3 aromatic rings. The smallest absolute Gasteiger partial charge is 0.335 e. The van der Waals surface area contributed by atoms with E-state index in [9.17, 15) is 24.0 Å². The van der Waals surface area contributed by atoms with E-state index in [1.54, 1.807) is 55.2 Å². The summed E-state index contributed by atoms with van der Waals surface area (Å²) in [5, 5.41) is 0.983. The van der Waals surface area contributed by atoms with Crippen LogP contribution in [0.5, 0.6) is 5.75 Å². The molecule has 0 spiro atoms. The monoisotopic (exact) mass is 898 g/mol. The summed E-state index contributed by atoms with van der Waals surface area (Å²) in [6.07, 6.45) is -1.10. The van der Waals surface area contributed by atoms with Gasteiger partial charge in [-0.25, -0.2) is 26.1 Å². The van der Waals surface area contributed by atoms with Crippen molar-refractivity contribution in [2.75, 3.05) is 65.9 Å². The van der Waals surface area contributed by atoms with Crippen LogP contribution in [0.25, 0.3) is 15.9 Å². The molecule has 0 saturated carbocycles. The number of anilines is 1. The molecule has 0 aliphatic carbocycles. The van der Waals surface area contributed by atoms with E-state index in [-0.39, 0.29) is 59.5 Å². The Kier molecular flexibility index (Phi) is 15.9. The standard InChI is InChI=1S/C41H51ClN8O11S/c1-23-12-14-49(32(53)19-43-5)20-30(23)48(8)36-28-13-15-50(37(28)45-22-44-36)40(55)46(6)16-17-47(7)41(62)57-21-27-10-11-31(29(42)18-27)60-39-35(59-26(4)52)33(58-25(3)51)24(2)34(61-39)38(54)56-9/h10-11,13,15,18,22-24,30,33-35,39H,12,14,16-17,19-21H2,1-4,6-9H3/t23-,24+,30+,33+,34+,35-,39-/m1/s1.